The molecule has 0 spiro atoms. The van der Waals surface area contributed by atoms with E-state index >= 15 is 0 Å². The first-order valence-electron chi connectivity index (χ1n) is 5.50. The van der Waals surface area contributed by atoms with E-state index in [4.69, 9.17) is 10.8 Å². The summed E-state index contributed by atoms with van der Waals surface area (Å²) in [5, 5.41) is 11.7. The van der Waals surface area contributed by atoms with Gasteiger partial charge in [-0.15, -0.1) is 0 Å². The molecule has 1 atom stereocenters. The lowest BCUT2D eigenvalue weighted by Crippen LogP contribution is -2.37. The second-order valence-electron chi connectivity index (χ2n) is 3.81. The second kappa shape index (κ2) is 5.09. The zero-order valence-electron chi connectivity index (χ0n) is 9.13. The number of nitrogens with two attached hydrogens (primary N) is 1. The van der Waals surface area contributed by atoms with E-state index in [1.807, 2.05) is 6.07 Å². The average molecular weight is 223 g/mol. The highest BCUT2D eigenvalue weighted by Crippen LogP contribution is 2.21. The molecule has 0 bridgehead atoms. The van der Waals surface area contributed by atoms with Gasteiger partial charge in [0.1, 0.15) is 18.0 Å². The Kier molecular flexibility index (Phi) is 3.53. The average Bonchev–Trinajstić information content (AvgIpc) is 2.73. The molecule has 1 fully saturated rings. The van der Waals surface area contributed by atoms with Gasteiger partial charge in [0.25, 0.3) is 0 Å². The van der Waals surface area contributed by atoms with Crippen LogP contribution >= 0.6 is 0 Å². The fourth-order valence-electron chi connectivity index (χ4n) is 1.86. The third kappa shape index (κ3) is 2.40. The molecule has 0 radical (unpaired) electrons. The molecule has 2 rings (SSSR count). The Balaban J connectivity index is 2.09. The van der Waals surface area contributed by atoms with Gasteiger partial charge in [-0.05, 0) is 12.8 Å². The standard InChI is InChI=1S/C10H17N5O/c11-8-2-1-4-15(8)10-6-9(12-3-5-16)13-7-14-10/h6-8,16H,1-5,11H2,(H,12,13,14). The Bertz CT molecular complexity index is 346. The van der Waals surface area contributed by atoms with Crippen LogP contribution in [-0.2, 0) is 0 Å². The van der Waals surface area contributed by atoms with Crippen molar-refractivity contribution in [3.05, 3.63) is 12.4 Å². The maximum Gasteiger partial charge on any atom is 0.135 e. The van der Waals surface area contributed by atoms with Crippen LogP contribution < -0.4 is 16.0 Å². The minimum absolute atomic E-state index is 0.0561. The lowest BCUT2D eigenvalue weighted by atomic mass is 10.3. The molecule has 0 saturated carbocycles. The molecule has 6 heteroatoms. The van der Waals surface area contributed by atoms with Gasteiger partial charge in [-0.25, -0.2) is 9.97 Å². The number of nitrogens with one attached hydrogen (secondary N) is 1. The van der Waals surface area contributed by atoms with E-state index < -0.39 is 0 Å². The smallest absolute Gasteiger partial charge is 0.135 e. The number of nitrogens with zero attached hydrogens (tertiary/aromatic N) is 3. The minimum atomic E-state index is 0.0561. The SMILES string of the molecule is NC1CCCN1c1cc(NCCO)ncn1. The summed E-state index contributed by atoms with van der Waals surface area (Å²) in [6.45, 7) is 1.52. The van der Waals surface area contributed by atoms with Gasteiger partial charge >= 0.3 is 0 Å². The molecule has 0 amide bonds. The summed E-state index contributed by atoms with van der Waals surface area (Å²) in [6.07, 6.45) is 3.68. The van der Waals surface area contributed by atoms with Gasteiger partial charge in [0.05, 0.1) is 12.8 Å². The second-order valence-corrected chi connectivity index (χ2v) is 3.81. The molecule has 1 aromatic rings. The van der Waals surface area contributed by atoms with Crippen LogP contribution in [0.3, 0.4) is 0 Å². The number of hydrogen-bond donors (Lipinski definition) is 3. The predicted molar refractivity (Wildman–Crippen MR) is 62.2 cm³/mol. The van der Waals surface area contributed by atoms with E-state index in [-0.39, 0.29) is 12.8 Å². The van der Waals surface area contributed by atoms with Crippen LogP contribution in [0.2, 0.25) is 0 Å². The van der Waals surface area contributed by atoms with Crippen molar-refractivity contribution < 1.29 is 5.11 Å². The zero-order chi connectivity index (χ0) is 11.4. The molecule has 2 heterocycles. The zero-order valence-corrected chi connectivity index (χ0v) is 9.13. The summed E-state index contributed by atoms with van der Waals surface area (Å²) in [5.74, 6) is 1.57. The van der Waals surface area contributed by atoms with Gasteiger partial charge in [-0.2, -0.15) is 0 Å². The summed E-state index contributed by atoms with van der Waals surface area (Å²) < 4.78 is 0. The predicted octanol–water partition coefficient (Wildman–Crippen LogP) is -0.234. The molecule has 0 aliphatic carbocycles. The van der Waals surface area contributed by atoms with Gasteiger partial charge in [-0.3, -0.25) is 0 Å². The summed E-state index contributed by atoms with van der Waals surface area (Å²) in [7, 11) is 0. The van der Waals surface area contributed by atoms with Crippen molar-refractivity contribution in [1.29, 1.82) is 0 Å². The number of aliphatic hydroxyl groups is 1. The van der Waals surface area contributed by atoms with Gasteiger partial charge in [0.2, 0.25) is 0 Å². The van der Waals surface area contributed by atoms with Crippen molar-refractivity contribution >= 4 is 11.6 Å². The Hall–Kier alpha value is -1.40. The Morgan fingerprint density at radius 2 is 2.44 bits per heavy atom. The maximum absolute atomic E-state index is 8.71. The highest BCUT2D eigenvalue weighted by atomic mass is 16.3. The van der Waals surface area contributed by atoms with Crippen LogP contribution in [0.1, 0.15) is 12.8 Å². The molecule has 1 saturated heterocycles. The van der Waals surface area contributed by atoms with Gasteiger partial charge in [-0.1, -0.05) is 0 Å². The number of aliphatic hydroxyl groups excluding tert-OH is 1. The quantitative estimate of drug-likeness (QED) is 0.653. The van der Waals surface area contributed by atoms with Crippen molar-refractivity contribution in [2.24, 2.45) is 5.73 Å². The molecule has 0 aromatic carbocycles. The van der Waals surface area contributed by atoms with Crippen LogP contribution in [0.4, 0.5) is 11.6 Å². The first-order valence-corrected chi connectivity index (χ1v) is 5.50. The summed E-state index contributed by atoms with van der Waals surface area (Å²) in [5.41, 5.74) is 5.97. The Labute approximate surface area is 94.5 Å². The maximum atomic E-state index is 8.71. The molecule has 4 N–H and O–H groups in total. The van der Waals surface area contributed by atoms with Crippen molar-refractivity contribution in [2.45, 2.75) is 19.0 Å². The largest absolute Gasteiger partial charge is 0.395 e. The van der Waals surface area contributed by atoms with Crippen molar-refractivity contribution in [1.82, 2.24) is 9.97 Å². The molecule has 1 aromatic heterocycles. The number of rotatable bonds is 4. The van der Waals surface area contributed by atoms with E-state index in [1.165, 1.54) is 6.33 Å². The van der Waals surface area contributed by atoms with Crippen LogP contribution in [0.15, 0.2) is 12.4 Å². The molecule has 1 aliphatic rings. The number of aromatic nitrogens is 2. The molecule has 88 valence electrons. The number of hydrogen-bond acceptors (Lipinski definition) is 6. The van der Waals surface area contributed by atoms with E-state index in [1.54, 1.807) is 0 Å². The third-order valence-corrected chi connectivity index (χ3v) is 2.66. The molecular formula is C10H17N5O. The van der Waals surface area contributed by atoms with Gasteiger partial charge in [0.15, 0.2) is 0 Å². The molecule has 1 unspecified atom stereocenters. The van der Waals surface area contributed by atoms with Gasteiger partial charge < -0.3 is 21.1 Å². The monoisotopic (exact) mass is 223 g/mol. The van der Waals surface area contributed by atoms with E-state index in [2.05, 4.69) is 20.2 Å². The minimum Gasteiger partial charge on any atom is -0.395 e. The van der Waals surface area contributed by atoms with Crippen molar-refractivity contribution in [3.63, 3.8) is 0 Å². The lowest BCUT2D eigenvalue weighted by molar-refractivity contribution is 0.311. The fourth-order valence-corrected chi connectivity index (χ4v) is 1.86. The highest BCUT2D eigenvalue weighted by Gasteiger charge is 2.22. The first kappa shape index (κ1) is 11.1. The molecule has 1 aliphatic heterocycles. The van der Waals surface area contributed by atoms with E-state index in [0.29, 0.717) is 6.54 Å². The summed E-state index contributed by atoms with van der Waals surface area (Å²) in [6, 6.07) is 1.86. The topological polar surface area (TPSA) is 87.3 Å². The Morgan fingerprint density at radius 1 is 1.56 bits per heavy atom. The lowest BCUT2D eigenvalue weighted by Gasteiger charge is -2.22. The van der Waals surface area contributed by atoms with Crippen LogP contribution in [0.5, 0.6) is 0 Å². The van der Waals surface area contributed by atoms with Crippen molar-refractivity contribution in [2.75, 3.05) is 29.9 Å². The summed E-state index contributed by atoms with van der Waals surface area (Å²) in [4.78, 5) is 10.4. The fraction of sp³-hybridized carbons (Fsp3) is 0.600. The summed E-state index contributed by atoms with van der Waals surface area (Å²) >= 11 is 0. The third-order valence-electron chi connectivity index (χ3n) is 2.66. The van der Waals surface area contributed by atoms with Crippen LogP contribution in [0, 0.1) is 0 Å². The molecule has 16 heavy (non-hydrogen) atoms. The molecular weight excluding hydrogens is 206 g/mol. The van der Waals surface area contributed by atoms with Crippen LogP contribution in [-0.4, -0.2) is 40.9 Å². The highest BCUT2D eigenvalue weighted by molar-refractivity contribution is 5.49. The van der Waals surface area contributed by atoms with Gasteiger partial charge in [0, 0.05) is 19.2 Å². The number of anilines is 2. The van der Waals surface area contributed by atoms with E-state index in [0.717, 1.165) is 31.0 Å². The Morgan fingerprint density at radius 3 is 3.12 bits per heavy atom. The normalized spacial score (nSPS) is 20.1. The van der Waals surface area contributed by atoms with Crippen LogP contribution in [0.25, 0.3) is 0 Å². The van der Waals surface area contributed by atoms with Crippen molar-refractivity contribution in [3.8, 4) is 0 Å². The van der Waals surface area contributed by atoms with E-state index in [9.17, 15) is 0 Å². The first-order chi connectivity index (χ1) is 7.81. The molecule has 6 nitrogen and oxygen atoms in total.